The first-order chi connectivity index (χ1) is 14.7. The van der Waals surface area contributed by atoms with E-state index in [-0.39, 0.29) is 4.21 Å². The molecule has 1 aromatic carbocycles. The van der Waals surface area contributed by atoms with Crippen LogP contribution < -0.4 is 19.7 Å². The molecule has 0 radical (unpaired) electrons. The minimum Gasteiger partial charge on any atom is -0.495 e. The lowest BCUT2D eigenvalue weighted by Crippen LogP contribution is -2.54. The molecule has 1 saturated heterocycles. The first-order valence-corrected chi connectivity index (χ1v) is 13.3. The van der Waals surface area contributed by atoms with Crippen molar-refractivity contribution >= 4 is 44.1 Å². The highest BCUT2D eigenvalue weighted by atomic mass is 32.2. The van der Waals surface area contributed by atoms with Crippen LogP contribution in [0.5, 0.6) is 5.75 Å². The highest BCUT2D eigenvalue weighted by Crippen LogP contribution is 2.37. The molecule has 2 aromatic heterocycles. The molecule has 1 aliphatic heterocycles. The van der Waals surface area contributed by atoms with Crippen molar-refractivity contribution in [3.05, 3.63) is 47.3 Å². The molecule has 31 heavy (non-hydrogen) atoms. The maximum absolute atomic E-state index is 13.1. The molecule has 9 heteroatoms. The molecule has 0 spiro atoms. The lowest BCUT2D eigenvalue weighted by atomic mass is 10.1. The smallest absolute Gasteiger partial charge is 0.271 e. The second-order valence-electron chi connectivity index (χ2n) is 7.89. The zero-order valence-corrected chi connectivity index (χ0v) is 20.5. The Morgan fingerprint density at radius 1 is 1.03 bits per heavy atom. The Kier molecular flexibility index (Phi) is 6.30. The standard InChI is InChI=1S/C22H27N3O3S3/c1-14-12-25(13-15(2)23-14)17-6-7-19(28-4)18(11-17)24-31(26,27)22-10-9-21(30-22)20-8-5-16(3)29-20/h5-11,14-15,23-24H,12-13H2,1-4H3/t14-,15+. The van der Waals surface area contributed by atoms with Gasteiger partial charge < -0.3 is 15.0 Å². The molecule has 0 amide bonds. The summed E-state index contributed by atoms with van der Waals surface area (Å²) in [6.45, 7) is 8.06. The van der Waals surface area contributed by atoms with Gasteiger partial charge in [0.05, 0.1) is 12.8 Å². The summed E-state index contributed by atoms with van der Waals surface area (Å²) < 4.78 is 34.7. The van der Waals surface area contributed by atoms with Gasteiger partial charge in [-0.3, -0.25) is 4.72 Å². The Morgan fingerprint density at radius 2 is 1.71 bits per heavy atom. The number of nitrogens with one attached hydrogen (secondary N) is 2. The van der Waals surface area contributed by atoms with Crippen molar-refractivity contribution in [3.63, 3.8) is 0 Å². The second kappa shape index (κ2) is 8.82. The minimum atomic E-state index is -3.73. The van der Waals surface area contributed by atoms with Gasteiger partial charge in [0.2, 0.25) is 0 Å². The molecule has 0 saturated carbocycles. The zero-order chi connectivity index (χ0) is 22.2. The van der Waals surface area contributed by atoms with Crippen LogP contribution in [0.15, 0.2) is 46.7 Å². The van der Waals surface area contributed by atoms with Crippen LogP contribution in [-0.2, 0) is 10.0 Å². The van der Waals surface area contributed by atoms with Gasteiger partial charge in [0.15, 0.2) is 0 Å². The lowest BCUT2D eigenvalue weighted by Gasteiger charge is -2.38. The first-order valence-electron chi connectivity index (χ1n) is 10.1. The Morgan fingerprint density at radius 3 is 2.35 bits per heavy atom. The van der Waals surface area contributed by atoms with Crippen LogP contribution in [0.3, 0.4) is 0 Å². The minimum absolute atomic E-state index is 0.283. The van der Waals surface area contributed by atoms with Crippen LogP contribution in [0, 0.1) is 6.92 Å². The third-order valence-electron chi connectivity index (χ3n) is 5.18. The lowest BCUT2D eigenvalue weighted by molar-refractivity contribution is 0.406. The molecule has 3 heterocycles. The summed E-state index contributed by atoms with van der Waals surface area (Å²) in [6, 6.07) is 14.0. The predicted octanol–water partition coefficient (Wildman–Crippen LogP) is 4.78. The Balaban J connectivity index is 1.61. The van der Waals surface area contributed by atoms with Crippen LogP contribution in [0.1, 0.15) is 18.7 Å². The van der Waals surface area contributed by atoms with Crippen molar-refractivity contribution in [2.24, 2.45) is 0 Å². The van der Waals surface area contributed by atoms with Gasteiger partial charge in [-0.2, -0.15) is 0 Å². The van der Waals surface area contributed by atoms with Crippen molar-refractivity contribution in [1.29, 1.82) is 0 Å². The quantitative estimate of drug-likeness (QED) is 0.535. The van der Waals surface area contributed by atoms with Crippen LogP contribution in [0.25, 0.3) is 9.75 Å². The van der Waals surface area contributed by atoms with E-state index in [4.69, 9.17) is 4.74 Å². The number of aryl methyl sites for hydroxylation is 1. The van der Waals surface area contributed by atoms with E-state index in [1.54, 1.807) is 24.5 Å². The van der Waals surface area contributed by atoms with Crippen molar-refractivity contribution < 1.29 is 13.2 Å². The van der Waals surface area contributed by atoms with E-state index in [0.717, 1.165) is 28.5 Å². The number of hydrogen-bond acceptors (Lipinski definition) is 7. The molecule has 4 rings (SSSR count). The summed E-state index contributed by atoms with van der Waals surface area (Å²) in [5.41, 5.74) is 1.42. The van der Waals surface area contributed by atoms with Gasteiger partial charge in [-0.25, -0.2) is 8.42 Å². The second-order valence-corrected chi connectivity index (χ2v) is 12.2. The van der Waals surface area contributed by atoms with E-state index in [2.05, 4.69) is 28.8 Å². The van der Waals surface area contributed by atoms with E-state index >= 15 is 0 Å². The van der Waals surface area contributed by atoms with Gasteiger partial charge in [0.1, 0.15) is 9.96 Å². The first kappa shape index (κ1) is 22.1. The predicted molar refractivity (Wildman–Crippen MR) is 130 cm³/mol. The third kappa shape index (κ3) is 4.90. The number of benzene rings is 1. The zero-order valence-electron chi connectivity index (χ0n) is 18.0. The third-order valence-corrected chi connectivity index (χ3v) is 9.32. The van der Waals surface area contributed by atoms with Crippen molar-refractivity contribution in [2.45, 2.75) is 37.1 Å². The van der Waals surface area contributed by atoms with E-state index in [1.165, 1.54) is 16.2 Å². The monoisotopic (exact) mass is 477 g/mol. The number of hydrogen-bond donors (Lipinski definition) is 2. The molecular formula is C22H27N3O3S3. The average Bonchev–Trinajstić information content (AvgIpc) is 3.36. The maximum atomic E-state index is 13.1. The highest BCUT2D eigenvalue weighted by Gasteiger charge is 2.24. The summed E-state index contributed by atoms with van der Waals surface area (Å²) >= 11 is 2.93. The number of nitrogens with zero attached hydrogens (tertiary/aromatic N) is 1. The molecule has 2 N–H and O–H groups in total. The molecule has 0 aliphatic carbocycles. The molecule has 0 unspecified atom stereocenters. The molecule has 0 bridgehead atoms. The Bertz CT molecular complexity index is 1160. The SMILES string of the molecule is COc1ccc(N2C[C@@H](C)N[C@@H](C)C2)cc1NS(=O)(=O)c1ccc(-c2ccc(C)s2)s1. The van der Waals surface area contributed by atoms with Gasteiger partial charge >= 0.3 is 0 Å². The van der Waals surface area contributed by atoms with Gasteiger partial charge in [-0.1, -0.05) is 0 Å². The molecule has 3 aromatic rings. The van der Waals surface area contributed by atoms with E-state index in [9.17, 15) is 8.42 Å². The Labute approximate surface area is 191 Å². The van der Waals surface area contributed by atoms with Crippen molar-refractivity contribution in [3.8, 4) is 15.5 Å². The summed E-state index contributed by atoms with van der Waals surface area (Å²) in [5, 5.41) is 3.52. The number of sulfonamides is 1. The summed E-state index contributed by atoms with van der Waals surface area (Å²) in [7, 11) is -2.19. The average molecular weight is 478 g/mol. The van der Waals surface area contributed by atoms with E-state index in [1.807, 2.05) is 43.3 Å². The molecule has 1 fully saturated rings. The number of thiophene rings is 2. The van der Waals surface area contributed by atoms with Gasteiger partial charge in [-0.05, 0) is 63.2 Å². The van der Waals surface area contributed by atoms with Crippen LogP contribution in [0.4, 0.5) is 11.4 Å². The summed E-state index contributed by atoms with van der Waals surface area (Å²) in [4.78, 5) is 5.49. The van der Waals surface area contributed by atoms with Gasteiger partial charge in [0.25, 0.3) is 10.0 Å². The number of ether oxygens (including phenoxy) is 1. The van der Waals surface area contributed by atoms with Crippen LogP contribution in [-0.4, -0.2) is 40.7 Å². The topological polar surface area (TPSA) is 70.7 Å². The fourth-order valence-electron chi connectivity index (χ4n) is 3.87. The van der Waals surface area contributed by atoms with E-state index in [0.29, 0.717) is 23.5 Å². The summed E-state index contributed by atoms with van der Waals surface area (Å²) in [6.07, 6.45) is 0. The fraction of sp³-hybridized carbons (Fsp3) is 0.364. The number of methoxy groups -OCH3 is 1. The highest BCUT2D eigenvalue weighted by molar-refractivity contribution is 7.94. The van der Waals surface area contributed by atoms with E-state index < -0.39 is 10.0 Å². The molecule has 166 valence electrons. The summed E-state index contributed by atoms with van der Waals surface area (Å²) in [5.74, 6) is 0.495. The molecule has 1 aliphatic rings. The number of rotatable bonds is 6. The maximum Gasteiger partial charge on any atom is 0.271 e. The van der Waals surface area contributed by atoms with Crippen molar-refractivity contribution in [1.82, 2.24) is 5.32 Å². The number of piperazine rings is 1. The largest absolute Gasteiger partial charge is 0.495 e. The normalized spacial score (nSPS) is 19.4. The molecule has 6 nitrogen and oxygen atoms in total. The Hall–Kier alpha value is -2.07. The molecular weight excluding hydrogens is 450 g/mol. The number of anilines is 2. The van der Waals surface area contributed by atoms with Crippen molar-refractivity contribution in [2.75, 3.05) is 29.8 Å². The van der Waals surface area contributed by atoms with Crippen LogP contribution in [0.2, 0.25) is 0 Å². The molecule has 2 atom stereocenters. The van der Waals surface area contributed by atoms with Crippen LogP contribution >= 0.6 is 22.7 Å². The van der Waals surface area contributed by atoms with Gasteiger partial charge in [-0.15, -0.1) is 22.7 Å². The fourth-order valence-corrected chi connectivity index (χ4v) is 7.19. The van der Waals surface area contributed by atoms with Gasteiger partial charge in [0, 0.05) is 45.5 Å².